The van der Waals surface area contributed by atoms with Gasteiger partial charge < -0.3 is 5.11 Å². The van der Waals surface area contributed by atoms with Crippen LogP contribution in [-0.4, -0.2) is 31.3 Å². The van der Waals surface area contributed by atoms with Crippen molar-refractivity contribution in [3.8, 4) is 0 Å². The Morgan fingerprint density at radius 3 is 2.65 bits per heavy atom. The zero-order chi connectivity index (χ0) is 13.9. The van der Waals surface area contributed by atoms with Gasteiger partial charge in [0.25, 0.3) is 0 Å². The quantitative estimate of drug-likeness (QED) is 0.910. The molecule has 3 fully saturated rings. The normalized spacial score (nSPS) is 42.6. The van der Waals surface area contributed by atoms with Crippen molar-refractivity contribution in [3.05, 3.63) is 5.82 Å². The lowest BCUT2D eigenvalue weighted by Crippen LogP contribution is -2.42. The van der Waals surface area contributed by atoms with E-state index in [4.69, 9.17) is 0 Å². The second kappa shape index (κ2) is 4.02. The van der Waals surface area contributed by atoms with Gasteiger partial charge in [0.05, 0.1) is 0 Å². The third-order valence-corrected chi connectivity index (χ3v) is 5.54. The predicted octanol–water partition coefficient (Wildman–Crippen LogP) is 1.79. The molecule has 1 aromatic rings. The number of carbonyl (C=O) groups is 1. The third kappa shape index (κ3) is 1.70. The van der Waals surface area contributed by atoms with E-state index in [9.17, 15) is 9.90 Å². The van der Waals surface area contributed by atoms with Crippen molar-refractivity contribution in [1.29, 1.82) is 0 Å². The van der Waals surface area contributed by atoms with Crippen LogP contribution in [0.2, 0.25) is 0 Å². The van der Waals surface area contributed by atoms with Gasteiger partial charge >= 0.3 is 5.97 Å². The molecule has 1 heterocycles. The molecule has 0 spiro atoms. The van der Waals surface area contributed by atoms with E-state index in [1.165, 1.54) is 17.6 Å². The fraction of sp³-hybridized carbons (Fsp3) is 0.857. The number of carboxylic acids is 1. The highest BCUT2D eigenvalue weighted by molar-refractivity contribution is 5.77. The Morgan fingerprint density at radius 1 is 1.30 bits per heavy atom. The van der Waals surface area contributed by atoms with Gasteiger partial charge in [-0.25, -0.2) is 4.79 Å². The summed E-state index contributed by atoms with van der Waals surface area (Å²) in [4.78, 5) is 13.2. The van der Waals surface area contributed by atoms with E-state index >= 15 is 0 Å². The summed E-state index contributed by atoms with van der Waals surface area (Å²) < 4.78 is 0. The molecular formula is C14H20N4O2. The molecule has 0 aromatic carbocycles. The van der Waals surface area contributed by atoms with Gasteiger partial charge in [-0.3, -0.25) is 0 Å². The molecule has 5 atom stereocenters. The van der Waals surface area contributed by atoms with E-state index < -0.39 is 11.5 Å². The summed E-state index contributed by atoms with van der Waals surface area (Å²) in [6.07, 6.45) is 5.91. The second-order valence-corrected chi connectivity index (χ2v) is 7.05. The van der Waals surface area contributed by atoms with Gasteiger partial charge in [0.1, 0.15) is 0 Å². The minimum Gasteiger partial charge on any atom is -0.479 e. The van der Waals surface area contributed by atoms with E-state index in [0.29, 0.717) is 36.5 Å². The number of tetrazole rings is 1. The molecule has 1 aromatic heterocycles. The topological polar surface area (TPSA) is 80.9 Å². The Balaban J connectivity index is 1.62. The summed E-state index contributed by atoms with van der Waals surface area (Å²) in [5.74, 6) is 2.14. The Kier molecular flexibility index (Phi) is 2.47. The van der Waals surface area contributed by atoms with Crippen molar-refractivity contribution in [2.75, 3.05) is 0 Å². The molecule has 6 nitrogen and oxygen atoms in total. The number of rotatable bonds is 3. The molecule has 3 aliphatic rings. The average molecular weight is 276 g/mol. The van der Waals surface area contributed by atoms with Gasteiger partial charge in [0, 0.05) is 5.92 Å². The number of aromatic nitrogens is 4. The van der Waals surface area contributed by atoms with Crippen LogP contribution in [0.25, 0.3) is 0 Å². The van der Waals surface area contributed by atoms with E-state index in [0.717, 1.165) is 18.7 Å². The van der Waals surface area contributed by atoms with Crippen LogP contribution in [0.5, 0.6) is 0 Å². The van der Waals surface area contributed by atoms with Crippen LogP contribution in [0.4, 0.5) is 0 Å². The molecule has 4 rings (SSSR count). The zero-order valence-corrected chi connectivity index (χ0v) is 11.7. The van der Waals surface area contributed by atoms with Crippen LogP contribution in [0.15, 0.2) is 0 Å². The first-order chi connectivity index (χ1) is 9.58. The fourth-order valence-electron chi connectivity index (χ4n) is 4.20. The van der Waals surface area contributed by atoms with Crippen molar-refractivity contribution in [1.82, 2.24) is 20.2 Å². The van der Waals surface area contributed by atoms with Crippen molar-refractivity contribution in [2.45, 2.75) is 56.9 Å². The molecule has 0 aliphatic heterocycles. The highest BCUT2D eigenvalue weighted by Crippen LogP contribution is 2.58. The molecule has 3 aliphatic carbocycles. The number of fused-ring (bicyclic) bond motifs is 1. The SMILES string of the molecule is CC1CCC(c2nnn(C3(C(=O)O)C[C@H]4C[C@H]4C3)n2)C1. The smallest absolute Gasteiger partial charge is 0.333 e. The summed E-state index contributed by atoms with van der Waals surface area (Å²) in [5, 5.41) is 22.4. The largest absolute Gasteiger partial charge is 0.479 e. The number of carboxylic acid groups (broad SMARTS) is 1. The minimum atomic E-state index is -0.928. The summed E-state index contributed by atoms with van der Waals surface area (Å²) in [6.45, 7) is 2.24. The first kappa shape index (κ1) is 12.3. The van der Waals surface area contributed by atoms with Gasteiger partial charge in [-0.2, -0.15) is 0 Å². The molecule has 3 saturated carbocycles. The molecule has 6 heteroatoms. The average Bonchev–Trinajstić information content (AvgIpc) is 2.88. The maximum atomic E-state index is 11.7. The Hall–Kier alpha value is -1.46. The summed E-state index contributed by atoms with van der Waals surface area (Å²) in [5.41, 5.74) is -0.928. The Labute approximate surface area is 117 Å². The molecular weight excluding hydrogens is 256 g/mol. The lowest BCUT2D eigenvalue weighted by molar-refractivity contribution is -0.149. The number of aliphatic carboxylic acids is 1. The molecule has 1 N–H and O–H groups in total. The van der Waals surface area contributed by atoms with E-state index in [-0.39, 0.29) is 0 Å². The molecule has 0 saturated heterocycles. The van der Waals surface area contributed by atoms with Crippen LogP contribution in [-0.2, 0) is 10.3 Å². The standard InChI is InChI=1S/C14H20N4O2/c1-8-2-3-9(4-8)12-15-17-18(16-12)14(13(19)20)6-10-5-11(10)7-14/h8-11H,2-7H2,1H3,(H,19,20)/t8?,9?,10-,11+,14?. The van der Waals surface area contributed by atoms with E-state index in [1.54, 1.807) is 0 Å². The number of hydrogen-bond acceptors (Lipinski definition) is 4. The number of nitrogens with zero attached hydrogens (tertiary/aromatic N) is 4. The molecule has 3 unspecified atom stereocenters. The van der Waals surface area contributed by atoms with Gasteiger partial charge in [-0.15, -0.1) is 15.0 Å². The Bertz CT molecular complexity index is 545. The Morgan fingerprint density at radius 2 is 2.05 bits per heavy atom. The lowest BCUT2D eigenvalue weighted by atomic mass is 9.94. The van der Waals surface area contributed by atoms with Crippen LogP contribution in [0.1, 0.15) is 57.2 Å². The van der Waals surface area contributed by atoms with E-state index in [2.05, 4.69) is 22.3 Å². The van der Waals surface area contributed by atoms with Gasteiger partial charge in [0.2, 0.25) is 0 Å². The molecule has 0 amide bonds. The third-order valence-electron chi connectivity index (χ3n) is 5.54. The second-order valence-electron chi connectivity index (χ2n) is 7.05. The molecule has 108 valence electrons. The summed E-state index contributed by atoms with van der Waals surface area (Å²) in [6, 6.07) is 0. The van der Waals surface area contributed by atoms with Crippen LogP contribution < -0.4 is 0 Å². The maximum absolute atomic E-state index is 11.7. The van der Waals surface area contributed by atoms with Gasteiger partial charge in [-0.1, -0.05) is 6.92 Å². The minimum absolute atomic E-state index is 0.362. The zero-order valence-electron chi connectivity index (χ0n) is 11.7. The van der Waals surface area contributed by atoms with Gasteiger partial charge in [0.15, 0.2) is 11.4 Å². The van der Waals surface area contributed by atoms with Crippen molar-refractivity contribution < 1.29 is 9.90 Å². The van der Waals surface area contributed by atoms with Crippen molar-refractivity contribution in [2.24, 2.45) is 17.8 Å². The first-order valence-electron chi connectivity index (χ1n) is 7.62. The molecule has 20 heavy (non-hydrogen) atoms. The number of hydrogen-bond donors (Lipinski definition) is 1. The summed E-state index contributed by atoms with van der Waals surface area (Å²) in [7, 11) is 0. The highest BCUT2D eigenvalue weighted by atomic mass is 16.4. The lowest BCUT2D eigenvalue weighted by Gasteiger charge is -2.23. The maximum Gasteiger partial charge on any atom is 0.333 e. The first-order valence-corrected chi connectivity index (χ1v) is 7.62. The summed E-state index contributed by atoms with van der Waals surface area (Å²) >= 11 is 0. The van der Waals surface area contributed by atoms with Crippen LogP contribution in [0, 0.1) is 17.8 Å². The van der Waals surface area contributed by atoms with Crippen LogP contribution in [0.3, 0.4) is 0 Å². The molecule has 0 radical (unpaired) electrons. The van der Waals surface area contributed by atoms with Crippen molar-refractivity contribution >= 4 is 5.97 Å². The van der Waals surface area contributed by atoms with E-state index in [1.807, 2.05) is 0 Å². The van der Waals surface area contributed by atoms with Gasteiger partial charge in [-0.05, 0) is 61.5 Å². The highest BCUT2D eigenvalue weighted by Gasteiger charge is 2.60. The van der Waals surface area contributed by atoms with Crippen molar-refractivity contribution in [3.63, 3.8) is 0 Å². The predicted molar refractivity (Wildman–Crippen MR) is 70.0 cm³/mol. The van der Waals surface area contributed by atoms with Crippen LogP contribution >= 0.6 is 0 Å². The molecule has 0 bridgehead atoms. The fourth-order valence-corrected chi connectivity index (χ4v) is 4.20. The monoisotopic (exact) mass is 276 g/mol.